The number of rotatable bonds is 4. The molecule has 0 amide bonds. The van der Waals surface area contributed by atoms with Gasteiger partial charge in [0.25, 0.3) is 5.56 Å². The molecule has 0 radical (unpaired) electrons. The molecule has 3 N–H and O–H groups in total. The monoisotopic (exact) mass is 182 g/mol. The summed E-state index contributed by atoms with van der Waals surface area (Å²) >= 11 is 0. The summed E-state index contributed by atoms with van der Waals surface area (Å²) in [6, 6.07) is 1.47. The van der Waals surface area contributed by atoms with Crippen molar-refractivity contribution < 1.29 is 0 Å². The Morgan fingerprint density at radius 2 is 2.46 bits per heavy atom. The standard InChI is InChI=1S/C8H14N4O/c1-12(4-2-3-9)7-5-8(13)11-6-10-7/h5-6H,2-4,9H2,1H3,(H,10,11,13). The lowest BCUT2D eigenvalue weighted by molar-refractivity contribution is 0.784. The molecule has 1 heterocycles. The second kappa shape index (κ2) is 4.61. The summed E-state index contributed by atoms with van der Waals surface area (Å²) in [6.45, 7) is 1.46. The minimum absolute atomic E-state index is 0.135. The molecule has 72 valence electrons. The van der Waals surface area contributed by atoms with Crippen molar-refractivity contribution in [2.75, 3.05) is 25.0 Å². The zero-order valence-corrected chi connectivity index (χ0v) is 7.66. The molecule has 0 saturated heterocycles. The zero-order chi connectivity index (χ0) is 9.68. The van der Waals surface area contributed by atoms with E-state index in [1.807, 2.05) is 11.9 Å². The number of anilines is 1. The van der Waals surface area contributed by atoms with Crippen molar-refractivity contribution in [3.63, 3.8) is 0 Å². The van der Waals surface area contributed by atoms with E-state index < -0.39 is 0 Å². The lowest BCUT2D eigenvalue weighted by Crippen LogP contribution is -2.23. The fraction of sp³-hybridized carbons (Fsp3) is 0.500. The van der Waals surface area contributed by atoms with Crippen LogP contribution in [0.4, 0.5) is 5.82 Å². The maximum Gasteiger partial charge on any atom is 0.252 e. The number of H-pyrrole nitrogens is 1. The number of nitrogens with zero attached hydrogens (tertiary/aromatic N) is 2. The molecular formula is C8H14N4O. The molecule has 0 fully saturated rings. The van der Waals surface area contributed by atoms with Gasteiger partial charge in [0, 0.05) is 19.7 Å². The molecule has 0 spiro atoms. The van der Waals surface area contributed by atoms with Gasteiger partial charge in [0.05, 0.1) is 6.33 Å². The predicted molar refractivity (Wildman–Crippen MR) is 51.8 cm³/mol. The topological polar surface area (TPSA) is 75.0 Å². The van der Waals surface area contributed by atoms with Crippen molar-refractivity contribution in [3.8, 4) is 0 Å². The van der Waals surface area contributed by atoms with E-state index in [-0.39, 0.29) is 5.56 Å². The molecular weight excluding hydrogens is 168 g/mol. The first kappa shape index (κ1) is 9.73. The molecule has 0 saturated carbocycles. The van der Waals surface area contributed by atoms with Crippen LogP contribution in [0.25, 0.3) is 0 Å². The summed E-state index contributed by atoms with van der Waals surface area (Å²) in [5, 5.41) is 0. The molecule has 0 aliphatic heterocycles. The molecule has 0 aliphatic carbocycles. The first-order chi connectivity index (χ1) is 6.24. The maximum absolute atomic E-state index is 10.9. The van der Waals surface area contributed by atoms with Crippen LogP contribution in [-0.4, -0.2) is 30.1 Å². The van der Waals surface area contributed by atoms with Crippen LogP contribution in [-0.2, 0) is 0 Å². The van der Waals surface area contributed by atoms with Crippen LogP contribution in [0, 0.1) is 0 Å². The van der Waals surface area contributed by atoms with E-state index >= 15 is 0 Å². The lowest BCUT2D eigenvalue weighted by Gasteiger charge is -2.16. The van der Waals surface area contributed by atoms with Crippen LogP contribution in [0.3, 0.4) is 0 Å². The molecule has 0 aromatic carbocycles. The van der Waals surface area contributed by atoms with Gasteiger partial charge in [-0.15, -0.1) is 0 Å². The third-order valence-corrected chi connectivity index (χ3v) is 1.75. The Hall–Kier alpha value is -1.36. The van der Waals surface area contributed by atoms with Crippen LogP contribution in [0.15, 0.2) is 17.2 Å². The fourth-order valence-corrected chi connectivity index (χ4v) is 1.01. The van der Waals surface area contributed by atoms with Crippen LogP contribution >= 0.6 is 0 Å². The summed E-state index contributed by atoms with van der Waals surface area (Å²) in [7, 11) is 1.89. The Morgan fingerprint density at radius 3 is 3.08 bits per heavy atom. The van der Waals surface area contributed by atoms with E-state index in [0.717, 1.165) is 13.0 Å². The number of nitrogens with two attached hydrogens (primary N) is 1. The van der Waals surface area contributed by atoms with Crippen molar-refractivity contribution in [1.29, 1.82) is 0 Å². The highest BCUT2D eigenvalue weighted by Crippen LogP contribution is 2.02. The van der Waals surface area contributed by atoms with Gasteiger partial charge < -0.3 is 15.6 Å². The van der Waals surface area contributed by atoms with Crippen molar-refractivity contribution in [3.05, 3.63) is 22.7 Å². The van der Waals surface area contributed by atoms with E-state index in [9.17, 15) is 4.79 Å². The molecule has 0 atom stereocenters. The number of nitrogens with one attached hydrogen (secondary N) is 1. The molecule has 1 aromatic rings. The molecule has 0 aliphatic rings. The number of hydrogen-bond acceptors (Lipinski definition) is 4. The van der Waals surface area contributed by atoms with E-state index in [2.05, 4.69) is 9.97 Å². The van der Waals surface area contributed by atoms with E-state index in [0.29, 0.717) is 12.4 Å². The summed E-state index contributed by atoms with van der Waals surface area (Å²) in [5.74, 6) is 0.678. The maximum atomic E-state index is 10.9. The third kappa shape index (κ3) is 2.87. The minimum Gasteiger partial charge on any atom is -0.359 e. The first-order valence-corrected chi connectivity index (χ1v) is 4.20. The van der Waals surface area contributed by atoms with E-state index in [1.165, 1.54) is 12.4 Å². The van der Waals surface area contributed by atoms with Gasteiger partial charge in [-0.25, -0.2) is 4.98 Å². The second-order valence-corrected chi connectivity index (χ2v) is 2.83. The summed E-state index contributed by atoms with van der Waals surface area (Å²) in [6.07, 6.45) is 2.29. The molecule has 5 heteroatoms. The Morgan fingerprint density at radius 1 is 1.69 bits per heavy atom. The third-order valence-electron chi connectivity index (χ3n) is 1.75. The highest BCUT2D eigenvalue weighted by atomic mass is 16.1. The second-order valence-electron chi connectivity index (χ2n) is 2.83. The van der Waals surface area contributed by atoms with Crippen molar-refractivity contribution in [2.24, 2.45) is 5.73 Å². The Bertz CT molecular complexity index is 309. The highest BCUT2D eigenvalue weighted by Gasteiger charge is 2.00. The molecule has 0 bridgehead atoms. The Kier molecular flexibility index (Phi) is 3.45. The average Bonchev–Trinajstić information content (AvgIpc) is 2.14. The van der Waals surface area contributed by atoms with Gasteiger partial charge in [-0.3, -0.25) is 4.79 Å². The normalized spacial score (nSPS) is 10.0. The van der Waals surface area contributed by atoms with Gasteiger partial charge in [-0.2, -0.15) is 0 Å². The van der Waals surface area contributed by atoms with Crippen molar-refractivity contribution >= 4 is 5.82 Å². The molecule has 1 rings (SSSR count). The molecule has 0 unspecified atom stereocenters. The quantitative estimate of drug-likeness (QED) is 0.661. The Balaban J connectivity index is 2.65. The molecule has 5 nitrogen and oxygen atoms in total. The largest absolute Gasteiger partial charge is 0.359 e. The van der Waals surface area contributed by atoms with E-state index in [4.69, 9.17) is 5.73 Å². The SMILES string of the molecule is CN(CCCN)c1cc(=O)[nH]cn1. The van der Waals surface area contributed by atoms with E-state index in [1.54, 1.807) is 0 Å². The molecule has 1 aromatic heterocycles. The number of aromatic nitrogens is 2. The average molecular weight is 182 g/mol. The van der Waals surface area contributed by atoms with Gasteiger partial charge in [0.15, 0.2) is 0 Å². The van der Waals surface area contributed by atoms with Crippen LogP contribution < -0.4 is 16.2 Å². The minimum atomic E-state index is -0.135. The smallest absolute Gasteiger partial charge is 0.252 e. The van der Waals surface area contributed by atoms with Gasteiger partial charge in [0.2, 0.25) is 0 Å². The number of hydrogen-bond donors (Lipinski definition) is 2. The van der Waals surface area contributed by atoms with Gasteiger partial charge in [0.1, 0.15) is 5.82 Å². The summed E-state index contributed by atoms with van der Waals surface area (Å²) in [5.41, 5.74) is 5.24. The van der Waals surface area contributed by atoms with Gasteiger partial charge in [-0.1, -0.05) is 0 Å². The predicted octanol–water partition coefficient (Wildman–Crippen LogP) is -0.445. The summed E-state index contributed by atoms with van der Waals surface area (Å²) < 4.78 is 0. The van der Waals surface area contributed by atoms with Crippen LogP contribution in [0.2, 0.25) is 0 Å². The number of aromatic amines is 1. The highest BCUT2D eigenvalue weighted by molar-refractivity contribution is 5.34. The zero-order valence-electron chi connectivity index (χ0n) is 7.66. The van der Waals surface area contributed by atoms with Gasteiger partial charge in [-0.05, 0) is 13.0 Å². The fourth-order valence-electron chi connectivity index (χ4n) is 1.01. The lowest BCUT2D eigenvalue weighted by atomic mass is 10.4. The van der Waals surface area contributed by atoms with Gasteiger partial charge >= 0.3 is 0 Å². The van der Waals surface area contributed by atoms with Crippen LogP contribution in [0.5, 0.6) is 0 Å². The Labute approximate surface area is 76.6 Å². The van der Waals surface area contributed by atoms with Crippen molar-refractivity contribution in [2.45, 2.75) is 6.42 Å². The van der Waals surface area contributed by atoms with Crippen LogP contribution in [0.1, 0.15) is 6.42 Å². The summed E-state index contributed by atoms with van der Waals surface area (Å²) in [4.78, 5) is 19.3. The van der Waals surface area contributed by atoms with Crippen molar-refractivity contribution in [1.82, 2.24) is 9.97 Å². The molecule has 13 heavy (non-hydrogen) atoms. The first-order valence-electron chi connectivity index (χ1n) is 4.20.